The van der Waals surface area contributed by atoms with Gasteiger partial charge in [0.2, 0.25) is 0 Å². The Hall–Kier alpha value is -0.610. The molecule has 3 nitrogen and oxygen atoms in total. The van der Waals surface area contributed by atoms with Crippen molar-refractivity contribution >= 4 is 11.6 Å². The third kappa shape index (κ3) is 4.96. The second-order valence-electron chi connectivity index (χ2n) is 6.34. The molecule has 1 saturated heterocycles. The first kappa shape index (κ1) is 16.8. The fourth-order valence-electron chi connectivity index (χ4n) is 2.89. The van der Waals surface area contributed by atoms with E-state index in [4.69, 9.17) is 11.6 Å². The summed E-state index contributed by atoms with van der Waals surface area (Å²) in [7, 11) is 0. The summed E-state index contributed by atoms with van der Waals surface area (Å²) in [5.41, 5.74) is 0.310. The van der Waals surface area contributed by atoms with Gasteiger partial charge in [0.15, 0.2) is 0 Å². The van der Waals surface area contributed by atoms with E-state index in [1.54, 1.807) is 0 Å². The fraction of sp³-hybridized carbons (Fsp3) is 0.647. The molecule has 1 aliphatic rings. The number of halogens is 1. The number of hydrogen-bond donors (Lipinski definition) is 2. The number of nitrogens with one attached hydrogen (secondary N) is 1. The highest BCUT2D eigenvalue weighted by Crippen LogP contribution is 2.33. The van der Waals surface area contributed by atoms with E-state index in [0.717, 1.165) is 56.0 Å². The molecule has 1 fully saturated rings. The minimum Gasteiger partial charge on any atom is -0.385 e. The van der Waals surface area contributed by atoms with Crippen LogP contribution in [0.5, 0.6) is 0 Å². The Morgan fingerprint density at radius 3 is 2.43 bits per heavy atom. The molecule has 1 aliphatic heterocycles. The average Bonchev–Trinajstić information content (AvgIpc) is 2.46. The number of piperidine rings is 1. The summed E-state index contributed by atoms with van der Waals surface area (Å²) in [5.74, 6) is 0. The number of aliphatic hydroxyl groups is 1. The normalized spacial score (nSPS) is 19.1. The molecule has 1 heterocycles. The van der Waals surface area contributed by atoms with Gasteiger partial charge in [-0.1, -0.05) is 37.6 Å². The number of benzene rings is 1. The summed E-state index contributed by atoms with van der Waals surface area (Å²) in [6.07, 6.45) is 2.76. The molecule has 0 aliphatic carbocycles. The number of nitrogens with zero attached hydrogens (tertiary/aromatic N) is 1. The third-order valence-corrected chi connectivity index (χ3v) is 4.52. The highest BCUT2D eigenvalue weighted by molar-refractivity contribution is 6.30. The van der Waals surface area contributed by atoms with Gasteiger partial charge in [-0.25, -0.2) is 0 Å². The molecule has 2 N–H and O–H groups in total. The maximum absolute atomic E-state index is 10.8. The first-order valence-electron chi connectivity index (χ1n) is 7.94. The second kappa shape index (κ2) is 7.59. The topological polar surface area (TPSA) is 35.5 Å². The first-order valence-corrected chi connectivity index (χ1v) is 8.31. The maximum atomic E-state index is 10.8. The Kier molecular flexibility index (Phi) is 6.06. The third-order valence-electron chi connectivity index (χ3n) is 4.27. The summed E-state index contributed by atoms with van der Waals surface area (Å²) in [6, 6.07) is 8.17. The number of likely N-dealkylation sites (tertiary alicyclic amines) is 1. The summed E-state index contributed by atoms with van der Waals surface area (Å²) in [5, 5.41) is 15.0. The molecule has 1 aromatic carbocycles. The SMILES string of the molecule is CC(C)NCCCN1CCC(O)(c2ccc(Cl)cc2)CC1. The molecule has 0 saturated carbocycles. The molecular weight excluding hydrogens is 284 g/mol. The van der Waals surface area contributed by atoms with Gasteiger partial charge in [0, 0.05) is 24.2 Å². The average molecular weight is 311 g/mol. The molecule has 0 unspecified atom stereocenters. The van der Waals surface area contributed by atoms with Gasteiger partial charge < -0.3 is 15.3 Å². The summed E-state index contributed by atoms with van der Waals surface area (Å²) >= 11 is 5.92. The van der Waals surface area contributed by atoms with Gasteiger partial charge in [0.25, 0.3) is 0 Å². The molecule has 2 rings (SSSR count). The van der Waals surface area contributed by atoms with Crippen molar-refractivity contribution < 1.29 is 5.11 Å². The number of hydrogen-bond acceptors (Lipinski definition) is 3. The van der Waals surface area contributed by atoms with Crippen LogP contribution < -0.4 is 5.32 Å². The lowest BCUT2D eigenvalue weighted by molar-refractivity contribution is -0.0259. The Morgan fingerprint density at radius 1 is 1.24 bits per heavy atom. The van der Waals surface area contributed by atoms with Crippen molar-refractivity contribution in [3.63, 3.8) is 0 Å². The molecule has 4 heteroatoms. The molecule has 0 bridgehead atoms. The van der Waals surface area contributed by atoms with E-state index in [1.165, 1.54) is 0 Å². The van der Waals surface area contributed by atoms with Gasteiger partial charge in [0.05, 0.1) is 5.60 Å². The maximum Gasteiger partial charge on any atom is 0.0920 e. The van der Waals surface area contributed by atoms with E-state index < -0.39 is 5.60 Å². The van der Waals surface area contributed by atoms with E-state index in [9.17, 15) is 5.11 Å². The van der Waals surface area contributed by atoms with Crippen LogP contribution >= 0.6 is 11.6 Å². The molecule has 0 radical (unpaired) electrons. The van der Waals surface area contributed by atoms with E-state index in [-0.39, 0.29) is 0 Å². The van der Waals surface area contributed by atoms with Crippen LogP contribution in [-0.2, 0) is 5.60 Å². The predicted octanol–water partition coefficient (Wildman–Crippen LogP) is 3.01. The molecule has 0 atom stereocenters. The van der Waals surface area contributed by atoms with E-state index in [0.29, 0.717) is 6.04 Å². The van der Waals surface area contributed by atoms with Crippen LogP contribution in [0.25, 0.3) is 0 Å². The zero-order chi connectivity index (χ0) is 15.3. The molecule has 0 aromatic heterocycles. The van der Waals surface area contributed by atoms with Gasteiger partial charge in [-0.15, -0.1) is 0 Å². The van der Waals surface area contributed by atoms with E-state index in [2.05, 4.69) is 24.1 Å². The van der Waals surface area contributed by atoms with Crippen molar-refractivity contribution in [1.82, 2.24) is 10.2 Å². The Morgan fingerprint density at radius 2 is 1.86 bits per heavy atom. The van der Waals surface area contributed by atoms with E-state index >= 15 is 0 Å². The van der Waals surface area contributed by atoms with Crippen LogP contribution in [0.4, 0.5) is 0 Å². The smallest absolute Gasteiger partial charge is 0.0920 e. The minimum absolute atomic E-state index is 0.557. The van der Waals surface area contributed by atoms with Gasteiger partial charge in [0.1, 0.15) is 0 Å². The van der Waals surface area contributed by atoms with Crippen molar-refractivity contribution in [2.75, 3.05) is 26.2 Å². The van der Waals surface area contributed by atoms with E-state index in [1.807, 2.05) is 24.3 Å². The zero-order valence-corrected chi connectivity index (χ0v) is 13.9. The molecule has 21 heavy (non-hydrogen) atoms. The largest absolute Gasteiger partial charge is 0.385 e. The standard InChI is InChI=1S/C17H27ClN2O/c1-14(2)19-10-3-11-20-12-8-17(21,9-13-20)15-4-6-16(18)7-5-15/h4-7,14,19,21H,3,8-13H2,1-2H3. The van der Waals surface area contributed by atoms with Crippen molar-refractivity contribution in [3.05, 3.63) is 34.9 Å². The van der Waals surface area contributed by atoms with Crippen LogP contribution in [-0.4, -0.2) is 42.2 Å². The second-order valence-corrected chi connectivity index (χ2v) is 6.78. The lowest BCUT2D eigenvalue weighted by atomic mass is 9.84. The fourth-order valence-corrected chi connectivity index (χ4v) is 3.01. The molecule has 0 amide bonds. The summed E-state index contributed by atoms with van der Waals surface area (Å²) < 4.78 is 0. The monoisotopic (exact) mass is 310 g/mol. The van der Waals surface area contributed by atoms with Crippen LogP contribution in [0.3, 0.4) is 0 Å². The lowest BCUT2D eigenvalue weighted by Crippen LogP contribution is -2.43. The van der Waals surface area contributed by atoms with Crippen LogP contribution in [0.1, 0.15) is 38.7 Å². The Labute approximate surface area is 133 Å². The minimum atomic E-state index is -0.683. The van der Waals surface area contributed by atoms with Gasteiger partial charge in [-0.3, -0.25) is 0 Å². The highest BCUT2D eigenvalue weighted by Gasteiger charge is 2.33. The van der Waals surface area contributed by atoms with Crippen molar-refractivity contribution in [3.8, 4) is 0 Å². The van der Waals surface area contributed by atoms with Crippen molar-refractivity contribution in [1.29, 1.82) is 0 Å². The summed E-state index contributed by atoms with van der Waals surface area (Å²) in [6.45, 7) is 8.44. The Bertz CT molecular complexity index is 425. The Balaban J connectivity index is 1.78. The van der Waals surface area contributed by atoms with Crippen molar-refractivity contribution in [2.24, 2.45) is 0 Å². The lowest BCUT2D eigenvalue weighted by Gasteiger charge is -2.38. The molecule has 0 spiro atoms. The van der Waals surface area contributed by atoms with Gasteiger partial charge in [-0.05, 0) is 50.0 Å². The number of rotatable bonds is 6. The van der Waals surface area contributed by atoms with Crippen LogP contribution in [0.2, 0.25) is 5.02 Å². The van der Waals surface area contributed by atoms with Gasteiger partial charge in [-0.2, -0.15) is 0 Å². The molecule has 1 aromatic rings. The predicted molar refractivity (Wildman–Crippen MR) is 88.8 cm³/mol. The summed E-state index contributed by atoms with van der Waals surface area (Å²) in [4.78, 5) is 2.45. The highest BCUT2D eigenvalue weighted by atomic mass is 35.5. The first-order chi connectivity index (χ1) is 9.99. The molecule has 118 valence electrons. The van der Waals surface area contributed by atoms with Gasteiger partial charge >= 0.3 is 0 Å². The van der Waals surface area contributed by atoms with Crippen LogP contribution in [0.15, 0.2) is 24.3 Å². The van der Waals surface area contributed by atoms with Crippen LogP contribution in [0, 0.1) is 0 Å². The molecular formula is C17H27ClN2O. The zero-order valence-electron chi connectivity index (χ0n) is 13.1. The van der Waals surface area contributed by atoms with Crippen molar-refractivity contribution in [2.45, 2.75) is 44.8 Å². The quantitative estimate of drug-likeness (QED) is 0.793.